The maximum absolute atomic E-state index is 11.7. The van der Waals surface area contributed by atoms with Crippen molar-refractivity contribution in [3.8, 4) is 0 Å². The van der Waals surface area contributed by atoms with E-state index in [4.69, 9.17) is 12.2 Å². The standard InChI is InChI=1S/C15H26N2O2S2/c1-2-6-17(13-5-7-21(18,19)10-13)15(20)16-14-9-11-3-4-12(14)8-11/h11-14H,2-10H2,1H3,(H,16,20). The summed E-state index contributed by atoms with van der Waals surface area (Å²) in [6.45, 7) is 2.98. The predicted octanol–water partition coefficient (Wildman–Crippen LogP) is 1.95. The quantitative estimate of drug-likeness (QED) is 0.799. The number of hydrogen-bond acceptors (Lipinski definition) is 3. The van der Waals surface area contributed by atoms with Gasteiger partial charge in [0, 0.05) is 18.6 Å². The summed E-state index contributed by atoms with van der Waals surface area (Å²) in [5.74, 6) is 2.26. The van der Waals surface area contributed by atoms with E-state index in [1.807, 2.05) is 0 Å². The van der Waals surface area contributed by atoms with Crippen molar-refractivity contribution in [2.24, 2.45) is 11.8 Å². The van der Waals surface area contributed by atoms with Crippen LogP contribution in [-0.2, 0) is 9.84 Å². The molecule has 0 spiro atoms. The maximum Gasteiger partial charge on any atom is 0.169 e. The van der Waals surface area contributed by atoms with E-state index in [1.165, 1.54) is 25.7 Å². The Labute approximate surface area is 133 Å². The molecular formula is C15H26N2O2S2. The van der Waals surface area contributed by atoms with Crippen molar-refractivity contribution in [2.75, 3.05) is 18.1 Å². The number of nitrogens with zero attached hydrogens (tertiary/aromatic N) is 1. The largest absolute Gasteiger partial charge is 0.360 e. The molecule has 2 bridgehead atoms. The molecule has 3 fully saturated rings. The third kappa shape index (κ3) is 3.36. The van der Waals surface area contributed by atoms with Crippen molar-refractivity contribution < 1.29 is 8.42 Å². The summed E-state index contributed by atoms with van der Waals surface area (Å²) in [6, 6.07) is 0.599. The summed E-state index contributed by atoms with van der Waals surface area (Å²) in [5, 5.41) is 4.35. The van der Waals surface area contributed by atoms with Gasteiger partial charge in [-0.15, -0.1) is 0 Å². The monoisotopic (exact) mass is 330 g/mol. The maximum atomic E-state index is 11.7. The SMILES string of the molecule is CCCN(C(=S)NC1CC2CCC1C2)C1CCS(=O)(=O)C1. The lowest BCUT2D eigenvalue weighted by Crippen LogP contribution is -2.51. The van der Waals surface area contributed by atoms with Crippen LogP contribution in [0.2, 0.25) is 0 Å². The lowest BCUT2D eigenvalue weighted by atomic mass is 9.95. The number of sulfone groups is 1. The lowest BCUT2D eigenvalue weighted by molar-refractivity contribution is 0.312. The minimum atomic E-state index is -2.86. The molecule has 4 unspecified atom stereocenters. The molecule has 1 saturated heterocycles. The molecule has 2 saturated carbocycles. The Morgan fingerprint density at radius 2 is 2.10 bits per heavy atom. The van der Waals surface area contributed by atoms with E-state index < -0.39 is 9.84 Å². The van der Waals surface area contributed by atoms with E-state index in [-0.39, 0.29) is 11.8 Å². The van der Waals surface area contributed by atoms with Gasteiger partial charge in [-0.3, -0.25) is 0 Å². The average Bonchev–Trinajstić information content (AvgIpc) is 3.11. The topological polar surface area (TPSA) is 49.4 Å². The van der Waals surface area contributed by atoms with Crippen molar-refractivity contribution in [3.05, 3.63) is 0 Å². The van der Waals surface area contributed by atoms with Gasteiger partial charge in [-0.25, -0.2) is 8.42 Å². The van der Waals surface area contributed by atoms with E-state index in [1.54, 1.807) is 0 Å². The third-order valence-electron chi connectivity index (χ3n) is 5.42. The molecule has 3 rings (SSSR count). The first-order valence-corrected chi connectivity index (χ1v) is 10.5. The van der Waals surface area contributed by atoms with Crippen molar-refractivity contribution in [3.63, 3.8) is 0 Å². The van der Waals surface area contributed by atoms with Crippen LogP contribution >= 0.6 is 12.2 Å². The molecule has 0 aromatic carbocycles. The fourth-order valence-electron chi connectivity index (χ4n) is 4.38. The molecule has 4 nitrogen and oxygen atoms in total. The molecule has 3 aliphatic rings. The van der Waals surface area contributed by atoms with Crippen LogP contribution in [-0.4, -0.2) is 48.6 Å². The third-order valence-corrected chi connectivity index (χ3v) is 7.52. The molecule has 21 heavy (non-hydrogen) atoms. The van der Waals surface area contributed by atoms with Gasteiger partial charge in [0.15, 0.2) is 14.9 Å². The van der Waals surface area contributed by atoms with Gasteiger partial charge >= 0.3 is 0 Å². The van der Waals surface area contributed by atoms with E-state index in [9.17, 15) is 8.42 Å². The van der Waals surface area contributed by atoms with Gasteiger partial charge in [0.05, 0.1) is 11.5 Å². The summed E-state index contributed by atoms with van der Waals surface area (Å²) >= 11 is 5.62. The zero-order valence-electron chi connectivity index (χ0n) is 12.8. The summed E-state index contributed by atoms with van der Waals surface area (Å²) in [5.41, 5.74) is 0. The minimum Gasteiger partial charge on any atom is -0.360 e. The highest BCUT2D eigenvalue weighted by Gasteiger charge is 2.41. The molecule has 0 aromatic heterocycles. The number of hydrogen-bond donors (Lipinski definition) is 1. The molecule has 1 aliphatic heterocycles. The molecule has 1 N–H and O–H groups in total. The highest BCUT2D eigenvalue weighted by molar-refractivity contribution is 7.91. The van der Waals surface area contributed by atoms with Gasteiger partial charge in [-0.2, -0.15) is 0 Å². The molecule has 4 atom stereocenters. The summed E-state index contributed by atoms with van der Waals surface area (Å²) < 4.78 is 23.5. The van der Waals surface area contributed by atoms with Crippen LogP contribution in [0, 0.1) is 11.8 Å². The van der Waals surface area contributed by atoms with E-state index in [0.717, 1.165) is 36.3 Å². The Kier molecular flexibility index (Phi) is 4.46. The van der Waals surface area contributed by atoms with Crippen LogP contribution in [0.25, 0.3) is 0 Å². The summed E-state index contributed by atoms with van der Waals surface area (Å²) in [4.78, 5) is 2.14. The normalized spacial score (nSPS) is 36.8. The van der Waals surface area contributed by atoms with E-state index in [0.29, 0.717) is 11.8 Å². The van der Waals surface area contributed by atoms with Gasteiger partial charge in [-0.05, 0) is 56.2 Å². The van der Waals surface area contributed by atoms with Crippen LogP contribution in [0.4, 0.5) is 0 Å². The molecule has 0 amide bonds. The Morgan fingerprint density at radius 3 is 2.62 bits per heavy atom. The average molecular weight is 331 g/mol. The van der Waals surface area contributed by atoms with Gasteiger partial charge < -0.3 is 10.2 Å². The molecule has 1 heterocycles. The van der Waals surface area contributed by atoms with Crippen LogP contribution in [0.1, 0.15) is 45.4 Å². The van der Waals surface area contributed by atoms with Gasteiger partial charge in [0.2, 0.25) is 0 Å². The van der Waals surface area contributed by atoms with Gasteiger partial charge in [0.1, 0.15) is 0 Å². The van der Waals surface area contributed by atoms with Crippen LogP contribution in [0.5, 0.6) is 0 Å². The highest BCUT2D eigenvalue weighted by atomic mass is 32.2. The first-order valence-electron chi connectivity index (χ1n) is 8.26. The van der Waals surface area contributed by atoms with Crippen molar-refractivity contribution in [2.45, 2.75) is 57.5 Å². The van der Waals surface area contributed by atoms with Gasteiger partial charge in [-0.1, -0.05) is 13.3 Å². The molecule has 6 heteroatoms. The fraction of sp³-hybridized carbons (Fsp3) is 0.933. The lowest BCUT2D eigenvalue weighted by Gasteiger charge is -2.34. The molecular weight excluding hydrogens is 304 g/mol. The second kappa shape index (κ2) is 6.03. The zero-order valence-corrected chi connectivity index (χ0v) is 14.4. The van der Waals surface area contributed by atoms with Crippen molar-refractivity contribution in [1.82, 2.24) is 10.2 Å². The number of nitrogens with one attached hydrogen (secondary N) is 1. The Morgan fingerprint density at radius 1 is 1.29 bits per heavy atom. The van der Waals surface area contributed by atoms with Crippen molar-refractivity contribution >= 4 is 27.2 Å². The summed E-state index contributed by atoms with van der Waals surface area (Å²) in [7, 11) is -2.86. The smallest absolute Gasteiger partial charge is 0.169 e. The molecule has 120 valence electrons. The zero-order chi connectivity index (χ0) is 15.0. The van der Waals surface area contributed by atoms with Crippen LogP contribution < -0.4 is 5.32 Å². The minimum absolute atomic E-state index is 0.0774. The number of fused-ring (bicyclic) bond motifs is 2. The number of thiocarbonyl (C=S) groups is 1. The Balaban J connectivity index is 1.62. The molecule has 0 aromatic rings. The first kappa shape index (κ1) is 15.5. The second-order valence-corrected chi connectivity index (χ2v) is 9.60. The predicted molar refractivity (Wildman–Crippen MR) is 89.0 cm³/mol. The molecule has 0 radical (unpaired) electrons. The van der Waals surface area contributed by atoms with Crippen molar-refractivity contribution in [1.29, 1.82) is 0 Å². The van der Waals surface area contributed by atoms with E-state index >= 15 is 0 Å². The Bertz CT molecular complexity index is 506. The number of rotatable bonds is 4. The highest BCUT2D eigenvalue weighted by Crippen LogP contribution is 2.44. The first-order chi connectivity index (χ1) is 9.98. The van der Waals surface area contributed by atoms with Crippen LogP contribution in [0.3, 0.4) is 0 Å². The molecule has 2 aliphatic carbocycles. The van der Waals surface area contributed by atoms with Gasteiger partial charge in [0.25, 0.3) is 0 Å². The summed E-state index contributed by atoms with van der Waals surface area (Å²) in [6.07, 6.45) is 7.03. The fourth-order valence-corrected chi connectivity index (χ4v) is 6.50. The Hall–Kier alpha value is -0.360. The van der Waals surface area contributed by atoms with E-state index in [2.05, 4.69) is 17.1 Å². The van der Waals surface area contributed by atoms with Crippen LogP contribution in [0.15, 0.2) is 0 Å². The second-order valence-electron chi connectivity index (χ2n) is 6.98.